The summed E-state index contributed by atoms with van der Waals surface area (Å²) in [4.78, 5) is 3.93. The van der Waals surface area contributed by atoms with Crippen LogP contribution in [0.25, 0.3) is 0 Å². The van der Waals surface area contributed by atoms with Crippen LogP contribution in [0.4, 0.5) is 23.2 Å². The summed E-state index contributed by atoms with van der Waals surface area (Å²) in [5.41, 5.74) is 7.05. The van der Waals surface area contributed by atoms with Crippen LogP contribution in [0.15, 0.2) is 18.5 Å². The maximum Gasteiger partial charge on any atom is 0.330 e. The third-order valence-corrected chi connectivity index (χ3v) is 2.83. The molecule has 0 aliphatic carbocycles. The minimum Gasteiger partial charge on any atom is -0.398 e. The van der Waals surface area contributed by atoms with E-state index in [1.54, 1.807) is 18.5 Å². The number of pyridine rings is 1. The molecule has 1 aromatic rings. The lowest BCUT2D eigenvalue weighted by molar-refractivity contribution is -0.167. The van der Waals surface area contributed by atoms with Crippen molar-refractivity contribution < 1.29 is 22.3 Å². The maximum absolute atomic E-state index is 12.7. The summed E-state index contributed by atoms with van der Waals surface area (Å²) in [5, 5.41) is 3.03. The van der Waals surface area contributed by atoms with Gasteiger partial charge in [-0.25, -0.2) is 8.78 Å². The van der Waals surface area contributed by atoms with Gasteiger partial charge in [0.15, 0.2) is 0 Å². The Morgan fingerprint density at radius 2 is 2.14 bits per heavy atom. The van der Waals surface area contributed by atoms with Crippen LogP contribution in [0.2, 0.25) is 0 Å². The van der Waals surface area contributed by atoms with Crippen molar-refractivity contribution >= 4 is 5.69 Å². The number of hydrogen-bond acceptors (Lipinski definition) is 4. The van der Waals surface area contributed by atoms with E-state index in [0.717, 1.165) is 5.56 Å². The van der Waals surface area contributed by atoms with Crippen LogP contribution < -0.4 is 11.1 Å². The van der Waals surface area contributed by atoms with E-state index in [1.165, 1.54) is 0 Å². The predicted molar refractivity (Wildman–Crippen MR) is 71.6 cm³/mol. The van der Waals surface area contributed by atoms with Crippen LogP contribution in [0, 0.1) is 0 Å². The molecule has 1 rings (SSSR count). The number of anilines is 1. The summed E-state index contributed by atoms with van der Waals surface area (Å²) in [7, 11) is 0. The van der Waals surface area contributed by atoms with Crippen molar-refractivity contribution in [1.82, 2.24) is 10.3 Å². The van der Waals surface area contributed by atoms with E-state index in [1.807, 2.05) is 6.92 Å². The first-order chi connectivity index (χ1) is 9.86. The van der Waals surface area contributed by atoms with Gasteiger partial charge in [0.05, 0.1) is 6.61 Å². The van der Waals surface area contributed by atoms with Gasteiger partial charge in [-0.3, -0.25) is 4.98 Å². The summed E-state index contributed by atoms with van der Waals surface area (Å²) in [6.45, 7) is 0.992. The van der Waals surface area contributed by atoms with Gasteiger partial charge < -0.3 is 15.8 Å². The van der Waals surface area contributed by atoms with Crippen LogP contribution >= 0.6 is 0 Å². The number of likely N-dealkylation sites (N-methyl/N-ethyl adjacent to an activating group) is 1. The number of nitrogen functional groups attached to an aromatic ring is 1. The van der Waals surface area contributed by atoms with Crippen LogP contribution in [0.1, 0.15) is 12.5 Å². The number of halogens is 4. The summed E-state index contributed by atoms with van der Waals surface area (Å²) >= 11 is 0. The molecule has 0 aliphatic heterocycles. The van der Waals surface area contributed by atoms with Gasteiger partial charge in [0.25, 0.3) is 0 Å². The molecule has 1 atom stereocenters. The van der Waals surface area contributed by atoms with Crippen LogP contribution in [-0.4, -0.2) is 43.1 Å². The molecule has 0 spiro atoms. The van der Waals surface area contributed by atoms with Gasteiger partial charge in [-0.2, -0.15) is 8.78 Å². The van der Waals surface area contributed by atoms with Gasteiger partial charge in [-0.15, -0.1) is 0 Å². The molecule has 0 fully saturated rings. The largest absolute Gasteiger partial charge is 0.398 e. The van der Waals surface area contributed by atoms with Crippen molar-refractivity contribution in [3.63, 3.8) is 0 Å². The zero-order valence-electron chi connectivity index (χ0n) is 11.7. The summed E-state index contributed by atoms with van der Waals surface area (Å²) in [6.07, 6.45) is -0.203. The minimum absolute atomic E-state index is 0.121. The van der Waals surface area contributed by atoms with E-state index in [2.05, 4.69) is 10.3 Å². The van der Waals surface area contributed by atoms with Crippen LogP contribution in [-0.2, 0) is 11.2 Å². The average Bonchev–Trinajstić information content (AvgIpc) is 2.41. The Balaban J connectivity index is 2.53. The normalized spacial score (nSPS) is 13.6. The second-order valence-corrected chi connectivity index (χ2v) is 4.61. The molecule has 0 radical (unpaired) electrons. The van der Waals surface area contributed by atoms with Crippen molar-refractivity contribution in [2.24, 2.45) is 0 Å². The Kier molecular flexibility index (Phi) is 6.83. The molecule has 8 heteroatoms. The fraction of sp³-hybridized carbons (Fsp3) is 0.615. The third-order valence-electron chi connectivity index (χ3n) is 2.83. The molecule has 0 saturated carbocycles. The van der Waals surface area contributed by atoms with Gasteiger partial charge in [-0.1, -0.05) is 6.92 Å². The van der Waals surface area contributed by atoms with E-state index < -0.39 is 19.0 Å². The smallest absolute Gasteiger partial charge is 0.330 e. The first kappa shape index (κ1) is 17.6. The lowest BCUT2D eigenvalue weighted by Crippen LogP contribution is -2.39. The van der Waals surface area contributed by atoms with Gasteiger partial charge in [-0.05, 0) is 24.6 Å². The zero-order valence-corrected chi connectivity index (χ0v) is 11.7. The molecule has 1 heterocycles. The highest BCUT2D eigenvalue weighted by Gasteiger charge is 2.41. The monoisotopic (exact) mass is 309 g/mol. The van der Waals surface area contributed by atoms with E-state index in [9.17, 15) is 17.6 Å². The van der Waals surface area contributed by atoms with E-state index in [-0.39, 0.29) is 12.6 Å². The van der Waals surface area contributed by atoms with Gasteiger partial charge in [0.1, 0.15) is 6.61 Å². The molecule has 120 valence electrons. The summed E-state index contributed by atoms with van der Waals surface area (Å²) in [5.74, 6) is -4.13. The van der Waals surface area contributed by atoms with Crippen LogP contribution in [0.5, 0.6) is 0 Å². The molecule has 0 saturated heterocycles. The Hall–Kier alpha value is -1.41. The molecule has 1 aromatic heterocycles. The van der Waals surface area contributed by atoms with Crippen molar-refractivity contribution in [3.05, 3.63) is 24.0 Å². The second-order valence-electron chi connectivity index (χ2n) is 4.61. The van der Waals surface area contributed by atoms with Gasteiger partial charge >= 0.3 is 12.3 Å². The highest BCUT2D eigenvalue weighted by atomic mass is 19.3. The highest BCUT2D eigenvalue weighted by Crippen LogP contribution is 2.23. The van der Waals surface area contributed by atoms with Gasteiger partial charge in [0.2, 0.25) is 0 Å². The number of nitrogens with one attached hydrogen (secondary N) is 1. The number of nitrogens with two attached hydrogens (primary N) is 1. The van der Waals surface area contributed by atoms with E-state index in [4.69, 9.17) is 10.5 Å². The van der Waals surface area contributed by atoms with Crippen LogP contribution in [0.3, 0.4) is 0 Å². The fourth-order valence-electron chi connectivity index (χ4n) is 1.75. The molecule has 21 heavy (non-hydrogen) atoms. The summed E-state index contributed by atoms with van der Waals surface area (Å²) in [6, 6.07) is 1.32. The van der Waals surface area contributed by atoms with E-state index >= 15 is 0 Å². The predicted octanol–water partition coefficient (Wildman–Crippen LogP) is 2.10. The van der Waals surface area contributed by atoms with E-state index in [0.29, 0.717) is 18.7 Å². The second kappa shape index (κ2) is 8.14. The average molecular weight is 309 g/mol. The molecule has 0 aromatic carbocycles. The molecule has 0 amide bonds. The van der Waals surface area contributed by atoms with Crippen molar-refractivity contribution in [1.29, 1.82) is 0 Å². The highest BCUT2D eigenvalue weighted by molar-refractivity contribution is 5.44. The van der Waals surface area contributed by atoms with Gasteiger partial charge in [0, 0.05) is 24.1 Å². The lowest BCUT2D eigenvalue weighted by Gasteiger charge is -2.21. The molecule has 4 nitrogen and oxygen atoms in total. The maximum atomic E-state index is 12.7. The topological polar surface area (TPSA) is 60.2 Å². The zero-order chi connectivity index (χ0) is 15.9. The molecule has 0 bridgehead atoms. The third kappa shape index (κ3) is 5.84. The summed E-state index contributed by atoms with van der Waals surface area (Å²) < 4.78 is 54.3. The number of aromatic nitrogens is 1. The Morgan fingerprint density at radius 3 is 2.71 bits per heavy atom. The number of ether oxygens (including phenoxy) is 1. The number of hydrogen-bond donors (Lipinski definition) is 2. The molecule has 0 aliphatic rings. The standard InChI is InChI=1S/C13H19F4N3O/c1-2-20-10(5-9-6-19-4-3-11(9)18)7-21-8-13(16,17)12(14)15/h3-4,6,10,12,20H,2,5,7-8H2,1H3,(H2,18,19). The SMILES string of the molecule is CCNC(COCC(F)(F)C(F)F)Cc1cnccc1N. The molecular weight excluding hydrogens is 290 g/mol. The Labute approximate surface area is 120 Å². The number of alkyl halides is 4. The van der Waals surface area contributed by atoms with Crippen molar-refractivity contribution in [2.75, 3.05) is 25.5 Å². The quantitative estimate of drug-likeness (QED) is 0.686. The minimum atomic E-state index is -4.13. The van der Waals surface area contributed by atoms with Crippen molar-refractivity contribution in [3.8, 4) is 0 Å². The number of nitrogens with zero attached hydrogens (tertiary/aromatic N) is 1. The van der Waals surface area contributed by atoms with Crippen molar-refractivity contribution in [2.45, 2.75) is 31.7 Å². The number of rotatable bonds is 9. The fourth-order valence-corrected chi connectivity index (χ4v) is 1.75. The molecule has 3 N–H and O–H groups in total. The lowest BCUT2D eigenvalue weighted by atomic mass is 10.1. The Morgan fingerprint density at radius 1 is 1.43 bits per heavy atom. The first-order valence-corrected chi connectivity index (χ1v) is 6.52. The first-order valence-electron chi connectivity index (χ1n) is 6.52. The molecular formula is C13H19F4N3O. The Bertz CT molecular complexity index is 432. The molecule has 1 unspecified atom stereocenters.